The van der Waals surface area contributed by atoms with Crippen LogP contribution in [0.25, 0.3) is 0 Å². The Morgan fingerprint density at radius 3 is 2.10 bits per heavy atom. The van der Waals surface area contributed by atoms with E-state index in [1.54, 1.807) is 12.1 Å². The minimum atomic E-state index is -5.55. The second kappa shape index (κ2) is 10.8. The van der Waals surface area contributed by atoms with Crippen LogP contribution in [0.3, 0.4) is 0 Å². The van der Waals surface area contributed by atoms with Gasteiger partial charge in [-0.15, -0.1) is 4.36 Å². The van der Waals surface area contributed by atoms with Crippen molar-refractivity contribution in [3.63, 3.8) is 0 Å². The molecule has 0 aromatic heterocycles. The molecule has 1 aliphatic heterocycles. The molecule has 1 heterocycles. The Kier molecular flexibility index (Phi) is 8.23. The van der Waals surface area contributed by atoms with Gasteiger partial charge in [-0.05, 0) is 42.8 Å². The maximum absolute atomic E-state index is 13.7. The van der Waals surface area contributed by atoms with Gasteiger partial charge in [0.2, 0.25) is 10.0 Å². The molecule has 0 radical (unpaired) electrons. The van der Waals surface area contributed by atoms with Crippen molar-refractivity contribution >= 4 is 37.4 Å². The van der Waals surface area contributed by atoms with Gasteiger partial charge in [0.25, 0.3) is 0 Å². The highest BCUT2D eigenvalue weighted by Crippen LogP contribution is 2.43. The predicted molar refractivity (Wildman–Crippen MR) is 134 cm³/mol. The number of halogens is 6. The summed E-state index contributed by atoms with van der Waals surface area (Å²) in [6.07, 6.45) is -9.30. The number of carbonyl (C=O) groups is 2. The maximum atomic E-state index is 13.7. The van der Waals surface area contributed by atoms with Gasteiger partial charge in [-0.1, -0.05) is 12.1 Å². The van der Waals surface area contributed by atoms with Gasteiger partial charge in [-0.2, -0.15) is 36.9 Å². The van der Waals surface area contributed by atoms with E-state index in [9.17, 15) is 59.1 Å². The number of rotatable bonds is 4. The predicted octanol–water partition coefficient (Wildman–Crippen LogP) is 4.86. The summed E-state index contributed by atoms with van der Waals surface area (Å²) >= 11 is 0. The highest BCUT2D eigenvalue weighted by Gasteiger charge is 2.47. The number of nitrogens with zero attached hydrogens (tertiary/aromatic N) is 5. The largest absolute Gasteiger partial charge is 0.474 e. The fraction of sp³-hybridized carbons (Fsp3) is 0.250. The molecule has 2 aromatic rings. The van der Waals surface area contributed by atoms with Crippen molar-refractivity contribution in [3.05, 3.63) is 70.4 Å². The summed E-state index contributed by atoms with van der Waals surface area (Å²) in [7, 11) is -9.17. The molecule has 3 rings (SSSR count). The third kappa shape index (κ3) is 6.09. The normalized spacial score (nSPS) is 17.8. The van der Waals surface area contributed by atoms with E-state index in [4.69, 9.17) is 0 Å². The average Bonchev–Trinajstić information content (AvgIpc) is 2.86. The lowest BCUT2D eigenvalue weighted by molar-refractivity contribution is -0.169. The van der Waals surface area contributed by atoms with Crippen molar-refractivity contribution in [2.75, 3.05) is 17.4 Å². The maximum Gasteiger partial charge on any atom is 0.474 e. The first kappa shape index (κ1) is 32.1. The monoisotopic (exact) mass is 633 g/mol. The lowest BCUT2D eigenvalue weighted by atomic mass is 9.94. The fourth-order valence-electron chi connectivity index (χ4n) is 4.09. The summed E-state index contributed by atoms with van der Waals surface area (Å²) in [6, 6.07) is 5.69. The number of benzene rings is 2. The van der Waals surface area contributed by atoms with E-state index in [0.717, 1.165) is 37.3 Å². The van der Waals surface area contributed by atoms with Crippen LogP contribution in [-0.2, 0) is 30.7 Å². The van der Waals surface area contributed by atoms with E-state index in [1.807, 2.05) is 0 Å². The van der Waals surface area contributed by atoms with E-state index < -0.39 is 77.4 Å². The lowest BCUT2D eigenvalue weighted by Gasteiger charge is -2.40. The minimum absolute atomic E-state index is 0.0742. The van der Waals surface area contributed by atoms with Crippen molar-refractivity contribution in [1.82, 2.24) is 4.31 Å². The summed E-state index contributed by atoms with van der Waals surface area (Å²) in [5, 5.41) is 19.4. The number of alkyl halides is 6. The van der Waals surface area contributed by atoms with Crippen LogP contribution in [-0.4, -0.2) is 47.6 Å². The minimum Gasteiger partial charge on any atom is -0.265 e. The van der Waals surface area contributed by atoms with Crippen LogP contribution in [0.15, 0.2) is 63.0 Å². The van der Waals surface area contributed by atoms with Gasteiger partial charge >= 0.3 is 24.3 Å². The average molecular weight is 634 g/mol. The molecule has 0 fully saturated rings. The SMILES string of the molecule is CC1=C(C#N)[C@@H](c2ccc(C#N)cc2S(C)(=O)=NC(=O)C(F)(F)F)N(S(C)(=O)=O)C(=O)N1c1cccc(C(F)(F)F)c1. The standard InChI is InChI=1S/C24H17F6N5O5S2/c1-13-18(12-32)20(17-8-7-14(11-31)9-19(17)41(2,38)33-21(36)24(28,29)30)35(42(3,39)40)22(37)34(13)16-6-4-5-15(10-16)23(25,26)27/h4-10,20H,1-3H3/t20-,41?/m1/s1. The van der Waals surface area contributed by atoms with Gasteiger partial charge in [0.15, 0.2) is 0 Å². The van der Waals surface area contributed by atoms with E-state index in [2.05, 4.69) is 4.36 Å². The molecule has 0 saturated carbocycles. The van der Waals surface area contributed by atoms with Crippen LogP contribution in [0, 0.1) is 22.7 Å². The molecule has 222 valence electrons. The summed E-state index contributed by atoms with van der Waals surface area (Å²) in [4.78, 5) is 25.0. The Morgan fingerprint density at radius 1 is 0.976 bits per heavy atom. The summed E-state index contributed by atoms with van der Waals surface area (Å²) in [5.41, 5.74) is -3.50. The first-order valence-corrected chi connectivity index (χ1v) is 14.9. The summed E-state index contributed by atoms with van der Waals surface area (Å²) < 4.78 is 121. The third-order valence-corrected chi connectivity index (χ3v) is 8.63. The number of hydrogen-bond donors (Lipinski definition) is 0. The zero-order valence-electron chi connectivity index (χ0n) is 21.5. The number of amides is 3. The number of nitriles is 2. The Labute approximate surface area is 235 Å². The van der Waals surface area contributed by atoms with Crippen LogP contribution >= 0.6 is 0 Å². The molecule has 3 amide bonds. The molecule has 42 heavy (non-hydrogen) atoms. The molecular weight excluding hydrogens is 616 g/mol. The molecule has 0 saturated heterocycles. The van der Waals surface area contributed by atoms with Gasteiger partial charge < -0.3 is 0 Å². The van der Waals surface area contributed by atoms with E-state index in [1.165, 1.54) is 0 Å². The summed E-state index contributed by atoms with van der Waals surface area (Å²) in [6.45, 7) is 1.10. The molecule has 18 heteroatoms. The van der Waals surface area contributed by atoms with Crippen LogP contribution in [0.5, 0.6) is 0 Å². The summed E-state index contributed by atoms with van der Waals surface area (Å²) in [5.74, 6) is -2.76. The highest BCUT2D eigenvalue weighted by molar-refractivity contribution is 7.93. The van der Waals surface area contributed by atoms with Crippen molar-refractivity contribution in [2.45, 2.75) is 30.2 Å². The quantitative estimate of drug-likeness (QED) is 0.436. The van der Waals surface area contributed by atoms with Gasteiger partial charge in [0.1, 0.15) is 6.04 Å². The van der Waals surface area contributed by atoms with Crippen LogP contribution < -0.4 is 4.90 Å². The Morgan fingerprint density at radius 2 is 1.60 bits per heavy atom. The highest BCUT2D eigenvalue weighted by atomic mass is 32.2. The first-order valence-electron chi connectivity index (χ1n) is 11.1. The first-order chi connectivity index (χ1) is 19.1. The number of anilines is 1. The fourth-order valence-corrected chi connectivity index (χ4v) is 6.54. The third-order valence-electron chi connectivity index (χ3n) is 5.87. The Hall–Kier alpha value is -4.42. The van der Waals surface area contributed by atoms with E-state index >= 15 is 0 Å². The lowest BCUT2D eigenvalue weighted by Crippen LogP contribution is -2.51. The molecule has 0 aliphatic carbocycles. The molecule has 0 spiro atoms. The molecule has 2 aromatic carbocycles. The Bertz CT molecular complexity index is 1850. The van der Waals surface area contributed by atoms with Crippen molar-refractivity contribution in [3.8, 4) is 12.1 Å². The van der Waals surface area contributed by atoms with Crippen LogP contribution in [0.2, 0.25) is 0 Å². The van der Waals surface area contributed by atoms with Crippen LogP contribution in [0.4, 0.5) is 36.8 Å². The zero-order valence-corrected chi connectivity index (χ0v) is 23.1. The number of allylic oxidation sites excluding steroid dienone is 1. The topological polar surface area (TPSA) is 152 Å². The molecule has 1 unspecified atom stereocenters. The molecular formula is C24H17F6N5O5S2. The molecule has 2 atom stereocenters. The second-order valence-electron chi connectivity index (χ2n) is 8.80. The van der Waals surface area contributed by atoms with Gasteiger partial charge in [0.05, 0.1) is 55.4 Å². The van der Waals surface area contributed by atoms with Crippen LogP contribution in [0.1, 0.15) is 29.7 Å². The van der Waals surface area contributed by atoms with E-state index in [0.29, 0.717) is 29.5 Å². The molecule has 1 aliphatic rings. The molecule has 0 bridgehead atoms. The number of hydrogen-bond acceptors (Lipinski definition) is 7. The molecule has 10 nitrogen and oxygen atoms in total. The van der Waals surface area contributed by atoms with Crippen molar-refractivity contribution in [2.24, 2.45) is 4.36 Å². The number of carbonyl (C=O) groups excluding carboxylic acids is 2. The number of sulfonamides is 1. The van der Waals surface area contributed by atoms with Gasteiger partial charge in [-0.3, -0.25) is 9.69 Å². The Balaban J connectivity index is 2.44. The van der Waals surface area contributed by atoms with Gasteiger partial charge in [0, 0.05) is 12.0 Å². The zero-order chi connectivity index (χ0) is 32.0. The molecule has 0 N–H and O–H groups in total. The van der Waals surface area contributed by atoms with Gasteiger partial charge in [-0.25, -0.2) is 21.7 Å². The smallest absolute Gasteiger partial charge is 0.265 e. The van der Waals surface area contributed by atoms with Crippen molar-refractivity contribution < 1.29 is 48.6 Å². The second-order valence-corrected chi connectivity index (χ2v) is 12.9. The van der Waals surface area contributed by atoms with Crippen molar-refractivity contribution in [1.29, 1.82) is 10.5 Å². The van der Waals surface area contributed by atoms with E-state index in [-0.39, 0.29) is 15.6 Å². The number of urea groups is 1.